The largest absolute Gasteiger partial charge is 0.366 e. The first-order valence-corrected chi connectivity index (χ1v) is 11.0. The number of fused-ring (bicyclic) bond motifs is 1. The summed E-state index contributed by atoms with van der Waals surface area (Å²) >= 11 is 6.05. The van der Waals surface area contributed by atoms with Crippen molar-refractivity contribution in [2.24, 2.45) is 5.73 Å². The number of primary amides is 1. The first-order valence-electron chi connectivity index (χ1n) is 10.7. The number of nitrogens with zero attached hydrogens (tertiary/aromatic N) is 2. The molecule has 1 heterocycles. The second-order valence-electron chi connectivity index (χ2n) is 8.14. The van der Waals surface area contributed by atoms with Gasteiger partial charge in [0.25, 0.3) is 5.91 Å². The highest BCUT2D eigenvalue weighted by molar-refractivity contribution is 6.30. The number of rotatable bonds is 4. The average molecular weight is 462 g/mol. The number of amides is 3. The number of halogens is 1. The Hall–Kier alpha value is -3.64. The van der Waals surface area contributed by atoms with Crippen molar-refractivity contribution in [2.45, 2.75) is 32.4 Å². The molecule has 0 bridgehead atoms. The molecule has 4 rings (SSSR count). The fourth-order valence-electron chi connectivity index (χ4n) is 4.46. The summed E-state index contributed by atoms with van der Waals surface area (Å²) in [5.41, 5.74) is 8.41. The minimum atomic E-state index is -0.586. The maximum atomic E-state index is 13.5. The van der Waals surface area contributed by atoms with Crippen LogP contribution in [0.4, 0.5) is 11.4 Å². The fourth-order valence-corrected chi connectivity index (χ4v) is 4.59. The van der Waals surface area contributed by atoms with Gasteiger partial charge in [-0.1, -0.05) is 35.9 Å². The number of para-hydroxylation sites is 1. The zero-order valence-corrected chi connectivity index (χ0v) is 19.1. The summed E-state index contributed by atoms with van der Waals surface area (Å²) in [4.78, 5) is 41.4. The van der Waals surface area contributed by atoms with E-state index in [-0.39, 0.29) is 29.5 Å². The number of hydrogen-bond acceptors (Lipinski definition) is 3. The molecule has 0 aliphatic carbocycles. The van der Waals surface area contributed by atoms with Crippen molar-refractivity contribution < 1.29 is 14.4 Å². The lowest BCUT2D eigenvalue weighted by Crippen LogP contribution is -2.47. The molecule has 3 amide bonds. The molecule has 3 aromatic rings. The van der Waals surface area contributed by atoms with Gasteiger partial charge in [0.2, 0.25) is 11.8 Å². The van der Waals surface area contributed by atoms with Crippen LogP contribution in [0, 0.1) is 0 Å². The van der Waals surface area contributed by atoms with Crippen molar-refractivity contribution in [1.82, 2.24) is 0 Å². The fraction of sp³-hybridized carbons (Fsp3) is 0.192. The maximum absolute atomic E-state index is 13.5. The molecule has 6 nitrogen and oxygen atoms in total. The van der Waals surface area contributed by atoms with Gasteiger partial charge in [0.1, 0.15) is 0 Å². The van der Waals surface area contributed by atoms with Crippen LogP contribution < -0.4 is 15.5 Å². The summed E-state index contributed by atoms with van der Waals surface area (Å²) in [5.74, 6) is -0.910. The molecule has 33 heavy (non-hydrogen) atoms. The van der Waals surface area contributed by atoms with E-state index in [2.05, 4.69) is 0 Å². The third kappa shape index (κ3) is 4.34. The summed E-state index contributed by atoms with van der Waals surface area (Å²) in [5, 5.41) is 0.592. The molecule has 0 spiro atoms. The third-order valence-electron chi connectivity index (χ3n) is 5.93. The maximum Gasteiger partial charge on any atom is 0.258 e. The lowest BCUT2D eigenvalue weighted by Gasteiger charge is -2.43. The van der Waals surface area contributed by atoms with E-state index in [1.165, 1.54) is 13.0 Å². The van der Waals surface area contributed by atoms with E-state index in [0.29, 0.717) is 17.0 Å². The van der Waals surface area contributed by atoms with Gasteiger partial charge >= 0.3 is 0 Å². The number of nitrogens with two attached hydrogens (primary N) is 1. The number of benzene rings is 3. The second kappa shape index (κ2) is 9.08. The SMILES string of the molecule is CC(=O)N(c1ccc(Cl)cc1)[C@@H]1C[C@H](C)N(C(=O)c2cccc(C(N)=O)c2)c2ccccc21. The van der Waals surface area contributed by atoms with E-state index >= 15 is 0 Å². The van der Waals surface area contributed by atoms with E-state index < -0.39 is 5.91 Å². The van der Waals surface area contributed by atoms with Crippen molar-refractivity contribution >= 4 is 40.7 Å². The first-order chi connectivity index (χ1) is 15.8. The molecule has 3 aromatic carbocycles. The summed E-state index contributed by atoms with van der Waals surface area (Å²) in [6.45, 7) is 3.49. The van der Waals surface area contributed by atoms with Gasteiger partial charge in [-0.15, -0.1) is 0 Å². The normalized spacial score (nSPS) is 17.2. The van der Waals surface area contributed by atoms with Gasteiger partial charge in [0.15, 0.2) is 0 Å². The van der Waals surface area contributed by atoms with Crippen molar-refractivity contribution in [3.8, 4) is 0 Å². The number of anilines is 2. The summed E-state index contributed by atoms with van der Waals surface area (Å²) < 4.78 is 0. The van der Waals surface area contributed by atoms with Crippen molar-refractivity contribution in [2.75, 3.05) is 9.80 Å². The predicted octanol–water partition coefficient (Wildman–Crippen LogP) is 4.97. The van der Waals surface area contributed by atoms with Crippen LogP contribution in [-0.4, -0.2) is 23.8 Å². The number of hydrogen-bond donors (Lipinski definition) is 1. The lowest BCUT2D eigenvalue weighted by molar-refractivity contribution is -0.117. The van der Waals surface area contributed by atoms with E-state index in [9.17, 15) is 14.4 Å². The molecule has 1 aliphatic rings. The lowest BCUT2D eigenvalue weighted by atomic mass is 9.89. The van der Waals surface area contributed by atoms with Crippen LogP contribution >= 0.6 is 11.6 Å². The number of carbonyl (C=O) groups is 3. The van der Waals surface area contributed by atoms with Crippen LogP contribution in [0.1, 0.15) is 52.6 Å². The van der Waals surface area contributed by atoms with E-state index in [4.69, 9.17) is 17.3 Å². The minimum Gasteiger partial charge on any atom is -0.366 e. The smallest absolute Gasteiger partial charge is 0.258 e. The summed E-state index contributed by atoms with van der Waals surface area (Å²) in [6.07, 6.45) is 0.542. The standard InChI is InChI=1S/C26H24ClN3O3/c1-16-14-24(30(17(2)31)21-12-10-20(27)11-13-21)22-8-3-4-9-23(22)29(16)26(33)19-7-5-6-18(15-19)25(28)32/h3-13,15-16,24H,14H2,1-2H3,(H2,28,32)/t16-,24+/m0/s1. The molecular formula is C26H24ClN3O3. The Morgan fingerprint density at radius 1 is 0.970 bits per heavy atom. The Morgan fingerprint density at radius 2 is 1.64 bits per heavy atom. The quantitative estimate of drug-likeness (QED) is 0.595. The zero-order valence-electron chi connectivity index (χ0n) is 18.4. The highest BCUT2D eigenvalue weighted by Gasteiger charge is 2.38. The van der Waals surface area contributed by atoms with Gasteiger partial charge in [-0.25, -0.2) is 0 Å². The van der Waals surface area contributed by atoms with Gasteiger partial charge in [-0.05, 0) is 67.4 Å². The molecule has 0 saturated carbocycles. The van der Waals surface area contributed by atoms with Crippen LogP contribution in [-0.2, 0) is 4.79 Å². The topological polar surface area (TPSA) is 83.7 Å². The molecule has 0 radical (unpaired) electrons. The summed E-state index contributed by atoms with van der Waals surface area (Å²) in [7, 11) is 0. The second-order valence-corrected chi connectivity index (χ2v) is 8.58. The van der Waals surface area contributed by atoms with Crippen LogP contribution in [0.2, 0.25) is 5.02 Å². The Balaban J connectivity index is 1.77. The highest BCUT2D eigenvalue weighted by atomic mass is 35.5. The van der Waals surface area contributed by atoms with Crippen LogP contribution in [0.5, 0.6) is 0 Å². The predicted molar refractivity (Wildman–Crippen MR) is 130 cm³/mol. The number of carbonyl (C=O) groups excluding carboxylic acids is 3. The van der Waals surface area contributed by atoms with Crippen molar-refractivity contribution in [3.63, 3.8) is 0 Å². The van der Waals surface area contributed by atoms with Crippen LogP contribution in [0.25, 0.3) is 0 Å². The van der Waals surface area contributed by atoms with Crippen LogP contribution in [0.15, 0.2) is 72.8 Å². The van der Waals surface area contributed by atoms with Crippen molar-refractivity contribution in [3.05, 3.63) is 94.5 Å². The van der Waals surface area contributed by atoms with Gasteiger partial charge in [0.05, 0.1) is 6.04 Å². The Morgan fingerprint density at radius 3 is 2.30 bits per heavy atom. The Labute approximate surface area is 197 Å². The van der Waals surface area contributed by atoms with E-state index in [1.54, 1.807) is 40.1 Å². The molecule has 0 unspecified atom stereocenters. The molecule has 2 atom stereocenters. The van der Waals surface area contributed by atoms with Gasteiger partial charge in [-0.2, -0.15) is 0 Å². The third-order valence-corrected chi connectivity index (χ3v) is 6.18. The molecule has 1 aliphatic heterocycles. The molecular weight excluding hydrogens is 438 g/mol. The molecule has 2 N–H and O–H groups in total. The first kappa shape index (κ1) is 22.6. The summed E-state index contributed by atoms with van der Waals surface area (Å²) in [6, 6.07) is 20.7. The molecule has 0 saturated heterocycles. The zero-order chi connectivity index (χ0) is 23.7. The average Bonchev–Trinajstić information content (AvgIpc) is 2.80. The molecule has 0 aromatic heterocycles. The van der Waals surface area contributed by atoms with Crippen molar-refractivity contribution in [1.29, 1.82) is 0 Å². The Bertz CT molecular complexity index is 1230. The molecule has 168 valence electrons. The Kier molecular flexibility index (Phi) is 6.20. The molecule has 0 fully saturated rings. The molecule has 7 heteroatoms. The van der Waals surface area contributed by atoms with Gasteiger partial charge in [-0.3, -0.25) is 14.4 Å². The van der Waals surface area contributed by atoms with Crippen LogP contribution in [0.3, 0.4) is 0 Å². The van der Waals surface area contributed by atoms with E-state index in [1.807, 2.05) is 43.3 Å². The highest BCUT2D eigenvalue weighted by Crippen LogP contribution is 2.42. The van der Waals surface area contributed by atoms with Gasteiger partial charge < -0.3 is 15.5 Å². The minimum absolute atomic E-state index is 0.0988. The monoisotopic (exact) mass is 461 g/mol. The van der Waals surface area contributed by atoms with E-state index in [0.717, 1.165) is 16.9 Å². The van der Waals surface area contributed by atoms with Gasteiger partial charge in [0, 0.05) is 40.5 Å².